The molecule has 1 saturated heterocycles. The summed E-state index contributed by atoms with van der Waals surface area (Å²) in [6, 6.07) is 3.88. The van der Waals surface area contributed by atoms with Crippen LogP contribution in [-0.4, -0.2) is 67.4 Å². The van der Waals surface area contributed by atoms with Gasteiger partial charge in [0.1, 0.15) is 0 Å². The fourth-order valence-corrected chi connectivity index (χ4v) is 4.43. The maximum Gasteiger partial charge on any atom is 0.203 e. The highest BCUT2D eigenvalue weighted by Crippen LogP contribution is 2.38. The minimum Gasteiger partial charge on any atom is -0.493 e. The fraction of sp³-hybridized carbons (Fsp3) is 0.524. The van der Waals surface area contributed by atoms with E-state index in [0.717, 1.165) is 60.5 Å². The Balaban J connectivity index is 1.55. The van der Waals surface area contributed by atoms with Crippen LogP contribution < -0.4 is 19.5 Å². The summed E-state index contributed by atoms with van der Waals surface area (Å²) < 4.78 is 16.3. The van der Waals surface area contributed by atoms with Gasteiger partial charge in [0, 0.05) is 44.6 Å². The molecule has 0 bridgehead atoms. The third kappa shape index (κ3) is 5.74. The summed E-state index contributed by atoms with van der Waals surface area (Å²) in [6.07, 6.45) is 1.08. The van der Waals surface area contributed by atoms with Crippen molar-refractivity contribution in [3.63, 3.8) is 0 Å². The lowest BCUT2D eigenvalue weighted by atomic mass is 10.2. The highest BCUT2D eigenvalue weighted by Gasteiger charge is 2.18. The van der Waals surface area contributed by atoms with Gasteiger partial charge >= 0.3 is 0 Å². The van der Waals surface area contributed by atoms with E-state index in [4.69, 9.17) is 26.4 Å². The number of aryl methyl sites for hydroxylation is 1. The molecule has 3 rings (SSSR count). The van der Waals surface area contributed by atoms with Crippen molar-refractivity contribution in [1.29, 1.82) is 0 Å². The minimum atomic E-state index is 0.591. The van der Waals surface area contributed by atoms with Gasteiger partial charge in [-0.3, -0.25) is 4.90 Å². The van der Waals surface area contributed by atoms with Gasteiger partial charge in [-0.2, -0.15) is 0 Å². The van der Waals surface area contributed by atoms with E-state index in [1.54, 1.807) is 32.7 Å². The Morgan fingerprint density at radius 1 is 1.10 bits per heavy atom. The van der Waals surface area contributed by atoms with Crippen molar-refractivity contribution in [2.45, 2.75) is 26.4 Å². The summed E-state index contributed by atoms with van der Waals surface area (Å²) in [4.78, 5) is 9.29. The van der Waals surface area contributed by atoms with E-state index in [-0.39, 0.29) is 0 Å². The molecule has 1 N–H and O–H groups in total. The van der Waals surface area contributed by atoms with Crippen LogP contribution in [0.4, 0.5) is 0 Å². The molecule has 0 unspecified atom stereocenters. The van der Waals surface area contributed by atoms with Crippen LogP contribution in [0.1, 0.15) is 22.7 Å². The van der Waals surface area contributed by atoms with Gasteiger partial charge in [-0.1, -0.05) is 0 Å². The zero-order valence-corrected chi connectivity index (χ0v) is 19.7. The third-order valence-corrected chi connectivity index (χ3v) is 6.32. The largest absolute Gasteiger partial charge is 0.493 e. The van der Waals surface area contributed by atoms with Gasteiger partial charge in [0.25, 0.3) is 0 Å². The highest BCUT2D eigenvalue weighted by atomic mass is 32.1. The standard InChI is InChI=1S/C21H30N4O3S2/c1-15-23-17(14-30-15)13-24-6-5-7-25(9-8-24)21(29)22-12-16-10-18(26-2)20(28-4)19(11-16)27-3/h10-11,14H,5-9,12-13H2,1-4H3,(H,22,29). The van der Waals surface area contributed by atoms with Gasteiger partial charge in [0.2, 0.25) is 5.75 Å². The molecule has 1 aliphatic heterocycles. The average Bonchev–Trinajstić information content (AvgIpc) is 3.02. The SMILES string of the molecule is COc1cc(CNC(=S)N2CCCN(Cc3csc(C)n3)CC2)cc(OC)c1OC. The second-order valence-corrected chi connectivity index (χ2v) is 8.62. The summed E-state index contributed by atoms with van der Waals surface area (Å²) in [5, 5.41) is 7.43. The number of thiazole rings is 1. The number of methoxy groups -OCH3 is 3. The van der Waals surface area contributed by atoms with Crippen LogP contribution in [0.5, 0.6) is 17.2 Å². The monoisotopic (exact) mass is 450 g/mol. The second kappa shape index (κ2) is 10.8. The van der Waals surface area contributed by atoms with Crippen molar-refractivity contribution in [3.05, 3.63) is 33.8 Å². The van der Waals surface area contributed by atoms with Gasteiger partial charge < -0.3 is 24.4 Å². The molecular weight excluding hydrogens is 420 g/mol. The van der Waals surface area contributed by atoms with Crippen molar-refractivity contribution in [3.8, 4) is 17.2 Å². The molecule has 9 heteroatoms. The second-order valence-electron chi connectivity index (χ2n) is 7.17. The average molecular weight is 451 g/mol. The lowest BCUT2D eigenvalue weighted by Gasteiger charge is -2.25. The molecule has 0 aliphatic carbocycles. The van der Waals surface area contributed by atoms with Crippen LogP contribution in [-0.2, 0) is 13.1 Å². The van der Waals surface area contributed by atoms with E-state index in [1.807, 2.05) is 12.1 Å². The Bertz CT molecular complexity index is 834. The first-order chi connectivity index (χ1) is 14.5. The maximum absolute atomic E-state index is 5.67. The molecule has 7 nitrogen and oxygen atoms in total. The van der Waals surface area contributed by atoms with Gasteiger partial charge in [-0.25, -0.2) is 4.98 Å². The summed E-state index contributed by atoms with van der Waals surface area (Å²) in [5.74, 6) is 1.87. The molecule has 0 amide bonds. The van der Waals surface area contributed by atoms with Crippen LogP contribution in [0.3, 0.4) is 0 Å². The summed E-state index contributed by atoms with van der Waals surface area (Å²) in [5.41, 5.74) is 2.18. The predicted octanol–water partition coefficient (Wildman–Crippen LogP) is 3.06. The Hall–Kier alpha value is -2.10. The normalized spacial score (nSPS) is 14.9. The van der Waals surface area contributed by atoms with Gasteiger partial charge in [0.05, 0.1) is 32.0 Å². The van der Waals surface area contributed by atoms with E-state index >= 15 is 0 Å². The van der Waals surface area contributed by atoms with Crippen molar-refractivity contribution in [2.24, 2.45) is 0 Å². The van der Waals surface area contributed by atoms with Crippen molar-refractivity contribution in [2.75, 3.05) is 47.5 Å². The molecule has 1 aromatic carbocycles. The van der Waals surface area contributed by atoms with E-state index in [2.05, 4.69) is 32.4 Å². The molecule has 30 heavy (non-hydrogen) atoms. The third-order valence-electron chi connectivity index (χ3n) is 5.10. The van der Waals surface area contributed by atoms with Crippen LogP contribution >= 0.6 is 23.6 Å². The number of hydrogen-bond donors (Lipinski definition) is 1. The zero-order valence-electron chi connectivity index (χ0n) is 18.1. The molecule has 0 radical (unpaired) electrons. The molecule has 0 atom stereocenters. The van der Waals surface area contributed by atoms with E-state index in [1.165, 1.54) is 0 Å². The van der Waals surface area contributed by atoms with Gasteiger partial charge in [-0.05, 0) is 43.3 Å². The van der Waals surface area contributed by atoms with Gasteiger partial charge in [-0.15, -0.1) is 11.3 Å². The highest BCUT2D eigenvalue weighted by molar-refractivity contribution is 7.80. The van der Waals surface area contributed by atoms with Crippen LogP contribution in [0.2, 0.25) is 0 Å². The number of aromatic nitrogens is 1. The van der Waals surface area contributed by atoms with Crippen LogP contribution in [0.25, 0.3) is 0 Å². The molecule has 2 heterocycles. The number of thiocarbonyl (C=S) groups is 1. The van der Waals surface area contributed by atoms with Crippen LogP contribution in [0, 0.1) is 6.92 Å². The smallest absolute Gasteiger partial charge is 0.203 e. The van der Waals surface area contributed by atoms with E-state index in [9.17, 15) is 0 Å². The molecular formula is C21H30N4O3S2. The molecule has 0 saturated carbocycles. The summed E-state index contributed by atoms with van der Waals surface area (Å²) in [7, 11) is 4.84. The molecule has 1 aromatic heterocycles. The van der Waals surface area contributed by atoms with Crippen molar-refractivity contribution < 1.29 is 14.2 Å². The van der Waals surface area contributed by atoms with Crippen molar-refractivity contribution >= 4 is 28.7 Å². The number of benzene rings is 1. The van der Waals surface area contributed by atoms with E-state index < -0.39 is 0 Å². The zero-order chi connectivity index (χ0) is 21.5. The Morgan fingerprint density at radius 3 is 2.43 bits per heavy atom. The number of ether oxygens (including phenoxy) is 3. The lowest BCUT2D eigenvalue weighted by Crippen LogP contribution is -2.41. The minimum absolute atomic E-state index is 0.591. The fourth-order valence-electron chi connectivity index (χ4n) is 3.57. The predicted molar refractivity (Wildman–Crippen MR) is 124 cm³/mol. The van der Waals surface area contributed by atoms with Crippen LogP contribution in [0.15, 0.2) is 17.5 Å². The first-order valence-electron chi connectivity index (χ1n) is 9.99. The quantitative estimate of drug-likeness (QED) is 0.646. The van der Waals surface area contributed by atoms with Crippen molar-refractivity contribution in [1.82, 2.24) is 20.1 Å². The Morgan fingerprint density at radius 2 is 1.83 bits per heavy atom. The molecule has 2 aromatic rings. The van der Waals surface area contributed by atoms with E-state index in [0.29, 0.717) is 23.8 Å². The van der Waals surface area contributed by atoms with Gasteiger partial charge in [0.15, 0.2) is 16.6 Å². The molecule has 164 valence electrons. The first-order valence-corrected chi connectivity index (χ1v) is 11.3. The lowest BCUT2D eigenvalue weighted by molar-refractivity contribution is 0.275. The molecule has 1 fully saturated rings. The Kier molecular flexibility index (Phi) is 8.12. The number of rotatable bonds is 7. The maximum atomic E-state index is 5.67. The summed E-state index contributed by atoms with van der Waals surface area (Å²) >= 11 is 7.39. The number of nitrogens with one attached hydrogen (secondary N) is 1. The first kappa shape index (κ1) is 22.6. The topological polar surface area (TPSA) is 59.1 Å². The molecule has 0 spiro atoms. The summed E-state index contributed by atoms with van der Waals surface area (Å²) in [6.45, 7) is 7.44. The Labute approximate surface area is 187 Å². The number of hydrogen-bond acceptors (Lipinski definition) is 7. The number of nitrogens with zero attached hydrogens (tertiary/aromatic N) is 3. The molecule has 1 aliphatic rings.